The van der Waals surface area contributed by atoms with Crippen molar-refractivity contribution in [3.63, 3.8) is 0 Å². The van der Waals surface area contributed by atoms with Crippen LogP contribution in [0.25, 0.3) is 0 Å². The summed E-state index contributed by atoms with van der Waals surface area (Å²) in [6.07, 6.45) is 4.73. The van der Waals surface area contributed by atoms with Gasteiger partial charge in [-0.3, -0.25) is 14.9 Å². The third-order valence-corrected chi connectivity index (χ3v) is 8.04. The van der Waals surface area contributed by atoms with E-state index in [2.05, 4.69) is 20.8 Å². The van der Waals surface area contributed by atoms with Crippen LogP contribution in [0.1, 0.15) is 71.7 Å². The van der Waals surface area contributed by atoms with Crippen LogP contribution in [-0.4, -0.2) is 30.7 Å². The summed E-state index contributed by atoms with van der Waals surface area (Å²) in [6, 6.07) is 2.59. The Bertz CT molecular complexity index is 914. The van der Waals surface area contributed by atoms with Gasteiger partial charge in [-0.15, -0.1) is 0 Å². The van der Waals surface area contributed by atoms with Crippen LogP contribution in [0.2, 0.25) is 0 Å². The number of nitrogens with zero attached hydrogens (tertiary/aromatic N) is 1. The number of fused-ring (bicyclic) bond motifs is 3. The van der Waals surface area contributed by atoms with Crippen molar-refractivity contribution in [2.75, 3.05) is 13.7 Å². The molecule has 4 rings (SSSR count). The zero-order valence-corrected chi connectivity index (χ0v) is 19.5. The molecule has 1 aromatic carbocycles. The maximum atomic E-state index is 11.7. The topological polar surface area (TPSA) is 97.1 Å². The summed E-state index contributed by atoms with van der Waals surface area (Å²) >= 11 is 0. The summed E-state index contributed by atoms with van der Waals surface area (Å²) in [7, 11) is 1.38. The van der Waals surface area contributed by atoms with Crippen molar-refractivity contribution >= 4 is 11.7 Å². The standard InChI is InChI=1S/C24H33NO7/c1-14(26)31-21-16(11-15(25(27)28)12-19(21)29-5)22-30-13-17-18(32-22)7-8-20-23(2,3)9-6-10-24(17,20)4/h11-12,17-18,20,22H,6-10,13H2,1-5H3/t17-,18+,20?,22-,24+/m0/s1. The second kappa shape index (κ2) is 8.30. The lowest BCUT2D eigenvalue weighted by Gasteiger charge is -2.60. The monoisotopic (exact) mass is 447 g/mol. The van der Waals surface area contributed by atoms with Gasteiger partial charge in [0.05, 0.1) is 36.4 Å². The predicted octanol–water partition coefficient (Wildman–Crippen LogP) is 5.19. The Morgan fingerprint density at radius 2 is 1.97 bits per heavy atom. The predicted molar refractivity (Wildman–Crippen MR) is 116 cm³/mol. The fraction of sp³-hybridized carbons (Fsp3) is 0.708. The van der Waals surface area contributed by atoms with E-state index in [1.165, 1.54) is 39.0 Å². The molecular formula is C24H33NO7. The van der Waals surface area contributed by atoms with Gasteiger partial charge < -0.3 is 18.9 Å². The van der Waals surface area contributed by atoms with Crippen molar-refractivity contribution in [1.29, 1.82) is 0 Å². The zero-order chi connectivity index (χ0) is 23.3. The van der Waals surface area contributed by atoms with E-state index < -0.39 is 17.2 Å². The first-order valence-electron chi connectivity index (χ1n) is 11.4. The normalized spacial score (nSPS) is 33.5. The maximum Gasteiger partial charge on any atom is 0.308 e. The molecule has 2 aliphatic carbocycles. The SMILES string of the molecule is COc1cc([N+](=O)[O-])cc([C@H]2OC[C@H]3[C@@H](CCC4C(C)(C)CCC[C@@]43C)O2)c1OC(C)=O. The van der Waals surface area contributed by atoms with E-state index in [0.29, 0.717) is 23.5 Å². The van der Waals surface area contributed by atoms with E-state index in [1.54, 1.807) is 0 Å². The second-order valence-electron chi connectivity index (χ2n) is 10.3. The van der Waals surface area contributed by atoms with Crippen LogP contribution in [0, 0.1) is 32.8 Å². The average molecular weight is 448 g/mol. The molecule has 0 radical (unpaired) electrons. The third kappa shape index (κ3) is 3.88. The number of ether oxygens (including phenoxy) is 4. The second-order valence-corrected chi connectivity index (χ2v) is 10.3. The summed E-state index contributed by atoms with van der Waals surface area (Å²) in [5.41, 5.74) is 0.562. The number of carbonyl (C=O) groups excluding carboxylic acids is 1. The number of rotatable bonds is 4. The molecule has 3 fully saturated rings. The zero-order valence-electron chi connectivity index (χ0n) is 19.5. The molecule has 2 saturated carbocycles. The van der Waals surface area contributed by atoms with Gasteiger partial charge in [-0.1, -0.05) is 27.2 Å². The molecule has 176 valence electrons. The molecule has 3 aliphatic rings. The Morgan fingerprint density at radius 3 is 2.62 bits per heavy atom. The first kappa shape index (κ1) is 23.0. The van der Waals surface area contributed by atoms with E-state index in [4.69, 9.17) is 18.9 Å². The van der Waals surface area contributed by atoms with E-state index in [9.17, 15) is 14.9 Å². The fourth-order valence-electron chi connectivity index (χ4n) is 6.59. The lowest BCUT2D eigenvalue weighted by atomic mass is 9.48. The number of hydrogen-bond donors (Lipinski definition) is 0. The molecule has 1 aromatic rings. The van der Waals surface area contributed by atoms with Crippen molar-refractivity contribution in [3.8, 4) is 11.5 Å². The Morgan fingerprint density at radius 1 is 1.22 bits per heavy atom. The number of benzene rings is 1. The molecular weight excluding hydrogens is 414 g/mol. The first-order chi connectivity index (χ1) is 15.1. The number of nitro benzene ring substituents is 1. The van der Waals surface area contributed by atoms with Gasteiger partial charge in [0.15, 0.2) is 17.8 Å². The van der Waals surface area contributed by atoms with Crippen LogP contribution in [0.5, 0.6) is 11.5 Å². The van der Waals surface area contributed by atoms with Crippen LogP contribution in [0.15, 0.2) is 12.1 Å². The first-order valence-corrected chi connectivity index (χ1v) is 11.4. The summed E-state index contributed by atoms with van der Waals surface area (Å²) < 4.78 is 23.3. The van der Waals surface area contributed by atoms with Crippen LogP contribution in [-0.2, 0) is 14.3 Å². The highest BCUT2D eigenvalue weighted by Gasteiger charge is 2.56. The molecule has 32 heavy (non-hydrogen) atoms. The Labute approximate surface area is 188 Å². The van der Waals surface area contributed by atoms with Gasteiger partial charge in [-0.25, -0.2) is 0 Å². The maximum absolute atomic E-state index is 11.7. The lowest BCUT2D eigenvalue weighted by Crippen LogP contribution is -2.57. The Kier molecular flexibility index (Phi) is 5.96. The Hall–Kier alpha value is -2.19. The molecule has 0 spiro atoms. The summed E-state index contributed by atoms with van der Waals surface area (Å²) in [6.45, 7) is 8.91. The molecule has 0 bridgehead atoms. The summed E-state index contributed by atoms with van der Waals surface area (Å²) in [5.74, 6) is 0.527. The van der Waals surface area contributed by atoms with E-state index in [0.717, 1.165) is 19.3 Å². The molecule has 0 aromatic heterocycles. The van der Waals surface area contributed by atoms with Crippen molar-refractivity contribution in [1.82, 2.24) is 0 Å². The van der Waals surface area contributed by atoms with Crippen LogP contribution in [0.4, 0.5) is 5.69 Å². The highest BCUT2D eigenvalue weighted by atomic mass is 16.7. The minimum absolute atomic E-state index is 0.0145. The molecule has 5 atom stereocenters. The highest BCUT2D eigenvalue weighted by Crippen LogP contribution is 2.61. The van der Waals surface area contributed by atoms with Gasteiger partial charge in [0.1, 0.15) is 0 Å². The molecule has 1 heterocycles. The fourth-order valence-corrected chi connectivity index (χ4v) is 6.59. The third-order valence-electron chi connectivity index (χ3n) is 8.04. The number of carbonyl (C=O) groups is 1. The van der Waals surface area contributed by atoms with E-state index in [1.807, 2.05) is 0 Å². The smallest absolute Gasteiger partial charge is 0.308 e. The van der Waals surface area contributed by atoms with Gasteiger partial charge in [0, 0.05) is 18.9 Å². The molecule has 0 N–H and O–H groups in total. The number of nitro groups is 1. The molecule has 8 nitrogen and oxygen atoms in total. The van der Waals surface area contributed by atoms with Crippen molar-refractivity contribution in [3.05, 3.63) is 27.8 Å². The van der Waals surface area contributed by atoms with Gasteiger partial charge >= 0.3 is 5.97 Å². The van der Waals surface area contributed by atoms with Gasteiger partial charge in [0.25, 0.3) is 5.69 Å². The number of non-ortho nitro benzene ring substituents is 1. The van der Waals surface area contributed by atoms with Crippen LogP contribution < -0.4 is 9.47 Å². The van der Waals surface area contributed by atoms with Crippen molar-refractivity contribution < 1.29 is 28.7 Å². The minimum atomic E-state index is -0.865. The Balaban J connectivity index is 1.66. The van der Waals surface area contributed by atoms with Crippen molar-refractivity contribution in [2.24, 2.45) is 22.7 Å². The lowest BCUT2D eigenvalue weighted by molar-refractivity contribution is -0.385. The van der Waals surface area contributed by atoms with Gasteiger partial charge in [-0.2, -0.15) is 0 Å². The number of methoxy groups -OCH3 is 1. The molecule has 1 aliphatic heterocycles. The van der Waals surface area contributed by atoms with E-state index in [-0.39, 0.29) is 34.6 Å². The van der Waals surface area contributed by atoms with E-state index >= 15 is 0 Å². The van der Waals surface area contributed by atoms with Gasteiger partial charge in [-0.05, 0) is 42.4 Å². The molecule has 1 saturated heterocycles. The van der Waals surface area contributed by atoms with Crippen LogP contribution >= 0.6 is 0 Å². The quantitative estimate of drug-likeness (QED) is 0.271. The summed E-state index contributed by atoms with van der Waals surface area (Å²) in [5, 5.41) is 11.5. The van der Waals surface area contributed by atoms with Crippen LogP contribution in [0.3, 0.4) is 0 Å². The summed E-state index contributed by atoms with van der Waals surface area (Å²) in [4.78, 5) is 22.7. The van der Waals surface area contributed by atoms with Crippen molar-refractivity contribution in [2.45, 2.75) is 72.2 Å². The number of hydrogen-bond acceptors (Lipinski definition) is 7. The molecule has 0 amide bonds. The highest BCUT2D eigenvalue weighted by molar-refractivity contribution is 5.72. The molecule has 8 heteroatoms. The molecule has 1 unspecified atom stereocenters. The minimum Gasteiger partial charge on any atom is -0.493 e. The van der Waals surface area contributed by atoms with Gasteiger partial charge in [0.2, 0.25) is 0 Å². The average Bonchev–Trinajstić information content (AvgIpc) is 2.72. The largest absolute Gasteiger partial charge is 0.493 e. The number of esters is 1.